The van der Waals surface area contributed by atoms with Crippen LogP contribution in [-0.2, 0) is 16.1 Å². The van der Waals surface area contributed by atoms with Gasteiger partial charge in [0.25, 0.3) is 0 Å². The van der Waals surface area contributed by atoms with E-state index in [1.165, 1.54) is 19.3 Å². The third kappa shape index (κ3) is 3.11. The van der Waals surface area contributed by atoms with Crippen molar-refractivity contribution in [1.82, 2.24) is 9.88 Å². The molecule has 1 aromatic heterocycles. The maximum Gasteiger partial charge on any atom is 0.307 e. The number of aryl methyl sites for hydroxylation is 1. The zero-order valence-corrected chi connectivity index (χ0v) is 14.8. The summed E-state index contributed by atoms with van der Waals surface area (Å²) >= 11 is 1.15. The third-order valence-corrected chi connectivity index (χ3v) is 6.43. The van der Waals surface area contributed by atoms with Gasteiger partial charge in [0.15, 0.2) is 0 Å². The first-order chi connectivity index (χ1) is 11.1. The van der Waals surface area contributed by atoms with Gasteiger partial charge in [0, 0.05) is 29.1 Å². The van der Waals surface area contributed by atoms with Gasteiger partial charge < -0.3 is 10.1 Å². The predicted octanol–water partition coefficient (Wildman–Crippen LogP) is 2.46. The molecule has 1 aromatic rings. The van der Waals surface area contributed by atoms with E-state index in [9.17, 15) is 9.59 Å². The van der Waals surface area contributed by atoms with Crippen molar-refractivity contribution in [3.63, 3.8) is 0 Å². The minimum atomic E-state index is -0.0640. The molecular formula is C17H26N2O3S. The summed E-state index contributed by atoms with van der Waals surface area (Å²) in [6.07, 6.45) is 7.18. The lowest BCUT2D eigenvalue weighted by molar-refractivity contribution is -0.157. The van der Waals surface area contributed by atoms with Gasteiger partial charge in [-0.25, -0.2) is 0 Å². The van der Waals surface area contributed by atoms with Crippen LogP contribution in [0.15, 0.2) is 10.2 Å². The summed E-state index contributed by atoms with van der Waals surface area (Å²) in [5.41, 5.74) is 0.974. The van der Waals surface area contributed by atoms with Crippen LogP contribution in [0.4, 0.5) is 0 Å². The number of hydrogen-bond acceptors (Lipinski definition) is 4. The van der Waals surface area contributed by atoms with Gasteiger partial charge in [-0.15, -0.1) is 0 Å². The molecule has 23 heavy (non-hydrogen) atoms. The Morgan fingerprint density at radius 1 is 1.43 bits per heavy atom. The van der Waals surface area contributed by atoms with Gasteiger partial charge in [0.05, 0.1) is 6.10 Å². The van der Waals surface area contributed by atoms with E-state index >= 15 is 0 Å². The van der Waals surface area contributed by atoms with Crippen LogP contribution in [0.5, 0.6) is 0 Å². The summed E-state index contributed by atoms with van der Waals surface area (Å²) in [5.74, 6) is -0.0569. The van der Waals surface area contributed by atoms with Gasteiger partial charge in [-0.1, -0.05) is 30.6 Å². The van der Waals surface area contributed by atoms with E-state index in [1.807, 2.05) is 13.8 Å². The Kier molecular flexibility index (Phi) is 4.92. The average Bonchev–Trinajstić information content (AvgIpc) is 2.86. The minimum Gasteiger partial charge on any atom is -0.378 e. The van der Waals surface area contributed by atoms with Crippen molar-refractivity contribution in [2.24, 2.45) is 5.41 Å². The van der Waals surface area contributed by atoms with Crippen LogP contribution in [0, 0.1) is 12.3 Å². The molecule has 0 bridgehead atoms. The number of nitrogens with zero attached hydrogens (tertiary/aromatic N) is 1. The lowest BCUT2D eigenvalue weighted by Gasteiger charge is -2.57. The Bertz CT molecular complexity index is 616. The molecule has 2 aliphatic rings. The zero-order valence-electron chi connectivity index (χ0n) is 14.0. The van der Waals surface area contributed by atoms with Gasteiger partial charge in [-0.05, 0) is 33.1 Å². The van der Waals surface area contributed by atoms with Crippen LogP contribution in [0.1, 0.15) is 51.1 Å². The highest BCUT2D eigenvalue weighted by Crippen LogP contribution is 2.53. The molecule has 2 fully saturated rings. The number of nitrogens with one attached hydrogen (secondary N) is 1. The highest BCUT2D eigenvalue weighted by molar-refractivity contribution is 7.07. The summed E-state index contributed by atoms with van der Waals surface area (Å²) in [6.45, 7) is 4.76. The fourth-order valence-electron chi connectivity index (χ4n) is 4.25. The number of ether oxygens (including phenoxy) is 1. The molecule has 128 valence electrons. The lowest BCUT2D eigenvalue weighted by atomic mass is 9.55. The molecule has 0 aromatic carbocycles. The van der Waals surface area contributed by atoms with Gasteiger partial charge in [0.2, 0.25) is 5.91 Å². The van der Waals surface area contributed by atoms with Gasteiger partial charge in [-0.2, -0.15) is 0 Å². The highest BCUT2D eigenvalue weighted by Gasteiger charge is 2.56. The molecule has 2 atom stereocenters. The van der Waals surface area contributed by atoms with Crippen LogP contribution >= 0.6 is 11.3 Å². The van der Waals surface area contributed by atoms with Crippen molar-refractivity contribution in [1.29, 1.82) is 0 Å². The zero-order chi connectivity index (χ0) is 16.4. The van der Waals surface area contributed by atoms with E-state index in [0.29, 0.717) is 0 Å². The van der Waals surface area contributed by atoms with Gasteiger partial charge in [0.1, 0.15) is 6.54 Å². The SMILES string of the molecule is CCO[C@@H]1C[C@H](NC(=O)Cn2c(C)csc2=O)C12CCCCC2. The maximum atomic E-state index is 12.4. The predicted molar refractivity (Wildman–Crippen MR) is 90.8 cm³/mol. The van der Waals surface area contributed by atoms with E-state index in [1.54, 1.807) is 9.95 Å². The molecule has 0 unspecified atom stereocenters. The summed E-state index contributed by atoms with van der Waals surface area (Å²) in [4.78, 5) is 24.1. The third-order valence-electron chi connectivity index (χ3n) is 5.55. The summed E-state index contributed by atoms with van der Waals surface area (Å²) in [5, 5.41) is 4.98. The van der Waals surface area contributed by atoms with Gasteiger partial charge in [-0.3, -0.25) is 14.2 Å². The number of thiazole rings is 1. The standard InChI is InChI=1S/C17H26N2O3S/c1-3-22-14-9-13(17(14)7-5-4-6-8-17)18-15(20)10-19-12(2)11-23-16(19)21/h11,13-14H,3-10H2,1-2H3,(H,18,20)/t13-,14+/m0/s1. The molecule has 2 saturated carbocycles. The number of hydrogen-bond donors (Lipinski definition) is 1. The molecule has 0 aliphatic heterocycles. The number of amides is 1. The molecule has 1 spiro atoms. The van der Waals surface area contributed by atoms with Crippen LogP contribution in [0.3, 0.4) is 0 Å². The van der Waals surface area contributed by atoms with Crippen molar-refractivity contribution in [2.45, 2.75) is 71.1 Å². The number of aromatic nitrogens is 1. The van der Waals surface area contributed by atoms with E-state index < -0.39 is 0 Å². The molecule has 1 N–H and O–H groups in total. The Labute approximate surface area is 141 Å². The molecule has 1 heterocycles. The normalized spacial score (nSPS) is 26.0. The Morgan fingerprint density at radius 3 is 2.78 bits per heavy atom. The van der Waals surface area contributed by atoms with E-state index in [0.717, 1.165) is 42.9 Å². The number of carbonyl (C=O) groups is 1. The van der Waals surface area contributed by atoms with Crippen LogP contribution in [-0.4, -0.2) is 29.2 Å². The fraction of sp³-hybridized carbons (Fsp3) is 0.765. The fourth-order valence-corrected chi connectivity index (χ4v) is 4.98. The van der Waals surface area contributed by atoms with Crippen molar-refractivity contribution in [3.05, 3.63) is 20.7 Å². The first kappa shape index (κ1) is 16.7. The topological polar surface area (TPSA) is 60.3 Å². The molecule has 2 aliphatic carbocycles. The summed E-state index contributed by atoms with van der Waals surface area (Å²) in [6, 6.07) is 0.196. The van der Waals surface area contributed by atoms with Crippen molar-refractivity contribution >= 4 is 17.2 Å². The van der Waals surface area contributed by atoms with Gasteiger partial charge >= 0.3 is 4.87 Å². The quantitative estimate of drug-likeness (QED) is 0.897. The molecule has 1 amide bonds. The summed E-state index contributed by atoms with van der Waals surface area (Å²) < 4.78 is 7.47. The van der Waals surface area contributed by atoms with Crippen molar-refractivity contribution in [2.75, 3.05) is 6.61 Å². The second-order valence-electron chi connectivity index (χ2n) is 6.82. The van der Waals surface area contributed by atoms with Crippen molar-refractivity contribution in [3.8, 4) is 0 Å². The molecule has 0 radical (unpaired) electrons. The lowest BCUT2D eigenvalue weighted by Crippen LogP contribution is -2.65. The monoisotopic (exact) mass is 338 g/mol. The highest BCUT2D eigenvalue weighted by atomic mass is 32.1. The smallest absolute Gasteiger partial charge is 0.307 e. The molecular weight excluding hydrogens is 312 g/mol. The molecule has 0 saturated heterocycles. The molecule has 3 rings (SSSR count). The van der Waals surface area contributed by atoms with E-state index in [-0.39, 0.29) is 34.9 Å². The van der Waals surface area contributed by atoms with E-state index in [2.05, 4.69) is 5.32 Å². The first-order valence-electron chi connectivity index (χ1n) is 8.62. The first-order valence-corrected chi connectivity index (χ1v) is 9.50. The second-order valence-corrected chi connectivity index (χ2v) is 7.64. The average molecular weight is 338 g/mol. The Balaban J connectivity index is 1.65. The number of rotatable bonds is 5. The molecule has 5 nitrogen and oxygen atoms in total. The molecule has 6 heteroatoms. The van der Waals surface area contributed by atoms with Crippen LogP contribution < -0.4 is 10.2 Å². The van der Waals surface area contributed by atoms with Crippen LogP contribution in [0.2, 0.25) is 0 Å². The summed E-state index contributed by atoms with van der Waals surface area (Å²) in [7, 11) is 0. The number of carbonyl (C=O) groups excluding carboxylic acids is 1. The second kappa shape index (κ2) is 6.77. The Hall–Kier alpha value is -1.14. The minimum absolute atomic E-state index is 0.0569. The van der Waals surface area contributed by atoms with Crippen LogP contribution in [0.25, 0.3) is 0 Å². The Morgan fingerprint density at radius 2 is 2.17 bits per heavy atom. The maximum absolute atomic E-state index is 12.4. The van der Waals surface area contributed by atoms with Crippen molar-refractivity contribution < 1.29 is 9.53 Å². The van der Waals surface area contributed by atoms with E-state index in [4.69, 9.17) is 4.74 Å². The largest absolute Gasteiger partial charge is 0.378 e.